The van der Waals surface area contributed by atoms with Crippen molar-refractivity contribution in [3.63, 3.8) is 0 Å². The number of fused-ring (bicyclic) bond motifs is 1. The van der Waals surface area contributed by atoms with Gasteiger partial charge in [0.1, 0.15) is 0 Å². The number of benzene rings is 1. The quantitative estimate of drug-likeness (QED) is 0.885. The van der Waals surface area contributed by atoms with Gasteiger partial charge in [-0.2, -0.15) is 0 Å². The SMILES string of the molecule is CCN1C(=O)CCc2cc(NC(=O)C3CC3C(=O)O)ccc21. The Morgan fingerprint density at radius 3 is 2.73 bits per heavy atom. The molecule has 1 aliphatic heterocycles. The molecular weight excluding hydrogens is 284 g/mol. The van der Waals surface area contributed by atoms with E-state index < -0.39 is 17.8 Å². The van der Waals surface area contributed by atoms with Gasteiger partial charge >= 0.3 is 5.97 Å². The molecule has 116 valence electrons. The minimum atomic E-state index is -0.914. The van der Waals surface area contributed by atoms with Crippen molar-refractivity contribution in [3.05, 3.63) is 23.8 Å². The van der Waals surface area contributed by atoms with Crippen LogP contribution in [-0.2, 0) is 20.8 Å². The van der Waals surface area contributed by atoms with E-state index in [-0.39, 0.29) is 11.8 Å². The number of rotatable bonds is 4. The summed E-state index contributed by atoms with van der Waals surface area (Å²) in [6.45, 7) is 2.56. The molecule has 22 heavy (non-hydrogen) atoms. The number of anilines is 2. The van der Waals surface area contributed by atoms with E-state index in [1.165, 1.54) is 0 Å². The lowest BCUT2D eigenvalue weighted by atomic mass is 10.0. The minimum Gasteiger partial charge on any atom is -0.481 e. The molecule has 2 atom stereocenters. The molecule has 0 radical (unpaired) electrons. The molecule has 0 aromatic heterocycles. The highest BCUT2D eigenvalue weighted by molar-refractivity contribution is 6.00. The number of carbonyl (C=O) groups excluding carboxylic acids is 2. The maximum absolute atomic E-state index is 12.0. The third kappa shape index (κ3) is 2.56. The van der Waals surface area contributed by atoms with Crippen LogP contribution in [0.15, 0.2) is 18.2 Å². The standard InChI is InChI=1S/C16H18N2O4/c1-2-18-13-5-4-10(7-9(13)3-6-14(18)19)17-15(20)11-8-12(11)16(21)22/h4-5,7,11-12H,2-3,6,8H2,1H3,(H,17,20)(H,21,22). The van der Waals surface area contributed by atoms with Gasteiger partial charge < -0.3 is 15.3 Å². The molecule has 1 aliphatic carbocycles. The fraction of sp³-hybridized carbons (Fsp3) is 0.438. The number of amides is 2. The summed E-state index contributed by atoms with van der Waals surface area (Å²) in [6.07, 6.45) is 1.54. The van der Waals surface area contributed by atoms with Crippen LogP contribution in [0.5, 0.6) is 0 Å². The van der Waals surface area contributed by atoms with Gasteiger partial charge in [-0.25, -0.2) is 0 Å². The van der Waals surface area contributed by atoms with Crippen molar-refractivity contribution in [2.24, 2.45) is 11.8 Å². The van der Waals surface area contributed by atoms with Crippen LogP contribution in [-0.4, -0.2) is 29.4 Å². The predicted molar refractivity (Wildman–Crippen MR) is 80.7 cm³/mol. The molecule has 1 aromatic rings. The largest absolute Gasteiger partial charge is 0.481 e. The number of carboxylic acids is 1. The zero-order valence-corrected chi connectivity index (χ0v) is 12.3. The van der Waals surface area contributed by atoms with Crippen molar-refractivity contribution in [1.29, 1.82) is 0 Å². The fourth-order valence-corrected chi connectivity index (χ4v) is 2.98. The molecule has 2 amide bonds. The van der Waals surface area contributed by atoms with Crippen LogP contribution in [0.2, 0.25) is 0 Å². The van der Waals surface area contributed by atoms with Gasteiger partial charge in [-0.3, -0.25) is 14.4 Å². The van der Waals surface area contributed by atoms with Crippen molar-refractivity contribution in [1.82, 2.24) is 0 Å². The van der Waals surface area contributed by atoms with E-state index in [0.29, 0.717) is 31.5 Å². The van der Waals surface area contributed by atoms with Gasteiger partial charge in [-0.15, -0.1) is 0 Å². The number of aryl methyl sites for hydroxylation is 1. The maximum Gasteiger partial charge on any atom is 0.307 e. The lowest BCUT2D eigenvalue weighted by Gasteiger charge is -2.28. The average molecular weight is 302 g/mol. The first-order chi connectivity index (χ1) is 10.5. The van der Waals surface area contributed by atoms with Gasteiger partial charge in [0.15, 0.2) is 0 Å². The lowest BCUT2D eigenvalue weighted by Crippen LogP contribution is -2.34. The van der Waals surface area contributed by atoms with Gasteiger partial charge in [0.25, 0.3) is 0 Å². The lowest BCUT2D eigenvalue weighted by molar-refractivity contribution is -0.139. The van der Waals surface area contributed by atoms with Crippen molar-refractivity contribution in [2.45, 2.75) is 26.2 Å². The molecular formula is C16H18N2O4. The normalized spacial score (nSPS) is 23.0. The summed E-state index contributed by atoms with van der Waals surface area (Å²) in [5, 5.41) is 11.6. The molecule has 1 aromatic carbocycles. The van der Waals surface area contributed by atoms with E-state index in [1.54, 1.807) is 11.0 Å². The second kappa shape index (κ2) is 5.44. The average Bonchev–Trinajstić information content (AvgIpc) is 3.28. The van der Waals surface area contributed by atoms with E-state index in [1.807, 2.05) is 19.1 Å². The number of carbonyl (C=O) groups is 3. The van der Waals surface area contributed by atoms with E-state index >= 15 is 0 Å². The molecule has 6 heteroatoms. The monoisotopic (exact) mass is 302 g/mol. The van der Waals surface area contributed by atoms with E-state index in [4.69, 9.17) is 5.11 Å². The molecule has 1 heterocycles. The summed E-state index contributed by atoms with van der Waals surface area (Å²) in [5.74, 6) is -2.02. The number of carboxylic acid groups (broad SMARTS) is 1. The Morgan fingerprint density at radius 2 is 2.09 bits per heavy atom. The van der Waals surface area contributed by atoms with Gasteiger partial charge in [0.05, 0.1) is 11.8 Å². The third-order valence-electron chi connectivity index (χ3n) is 4.31. The van der Waals surface area contributed by atoms with Crippen LogP contribution in [0.1, 0.15) is 25.3 Å². The Bertz CT molecular complexity index is 656. The topological polar surface area (TPSA) is 86.7 Å². The molecule has 0 saturated heterocycles. The van der Waals surface area contributed by atoms with Crippen molar-refractivity contribution in [2.75, 3.05) is 16.8 Å². The smallest absolute Gasteiger partial charge is 0.307 e. The van der Waals surface area contributed by atoms with Gasteiger partial charge in [0, 0.05) is 24.3 Å². The summed E-state index contributed by atoms with van der Waals surface area (Å²) in [5.41, 5.74) is 2.58. The highest BCUT2D eigenvalue weighted by atomic mass is 16.4. The van der Waals surface area contributed by atoms with Gasteiger partial charge in [0.2, 0.25) is 11.8 Å². The summed E-state index contributed by atoms with van der Waals surface area (Å²) >= 11 is 0. The Balaban J connectivity index is 1.73. The molecule has 1 fully saturated rings. The Morgan fingerprint density at radius 1 is 1.32 bits per heavy atom. The summed E-state index contributed by atoms with van der Waals surface area (Å²) in [4.78, 5) is 36.4. The maximum atomic E-state index is 12.0. The summed E-state index contributed by atoms with van der Waals surface area (Å²) in [6, 6.07) is 5.48. The van der Waals surface area contributed by atoms with Crippen LogP contribution >= 0.6 is 0 Å². The van der Waals surface area contributed by atoms with Gasteiger partial charge in [-0.1, -0.05) is 0 Å². The molecule has 2 aliphatic rings. The highest BCUT2D eigenvalue weighted by Gasteiger charge is 2.48. The molecule has 6 nitrogen and oxygen atoms in total. The number of nitrogens with zero attached hydrogens (tertiary/aromatic N) is 1. The second-order valence-corrected chi connectivity index (χ2v) is 5.76. The Labute approximate surface area is 128 Å². The first-order valence-electron chi connectivity index (χ1n) is 7.48. The van der Waals surface area contributed by atoms with E-state index in [0.717, 1.165) is 11.3 Å². The number of hydrogen-bond acceptors (Lipinski definition) is 3. The van der Waals surface area contributed by atoms with Crippen molar-refractivity contribution in [3.8, 4) is 0 Å². The fourth-order valence-electron chi connectivity index (χ4n) is 2.98. The highest BCUT2D eigenvalue weighted by Crippen LogP contribution is 2.39. The second-order valence-electron chi connectivity index (χ2n) is 5.76. The predicted octanol–water partition coefficient (Wildman–Crippen LogP) is 1.64. The third-order valence-corrected chi connectivity index (χ3v) is 4.31. The first kappa shape index (κ1) is 14.6. The Hall–Kier alpha value is -2.37. The zero-order chi connectivity index (χ0) is 15.9. The van der Waals surface area contributed by atoms with Crippen molar-refractivity contribution < 1.29 is 19.5 Å². The first-order valence-corrected chi connectivity index (χ1v) is 7.48. The van der Waals surface area contributed by atoms with Crippen molar-refractivity contribution >= 4 is 29.2 Å². The van der Waals surface area contributed by atoms with Gasteiger partial charge in [-0.05, 0) is 43.5 Å². The van der Waals surface area contributed by atoms with Crippen LogP contribution in [0.3, 0.4) is 0 Å². The van der Waals surface area contributed by atoms with Crippen LogP contribution in [0.4, 0.5) is 11.4 Å². The summed E-state index contributed by atoms with van der Waals surface area (Å²) in [7, 11) is 0. The number of nitrogens with one attached hydrogen (secondary N) is 1. The van der Waals surface area contributed by atoms with E-state index in [9.17, 15) is 14.4 Å². The molecule has 0 bridgehead atoms. The van der Waals surface area contributed by atoms with Crippen LogP contribution in [0.25, 0.3) is 0 Å². The summed E-state index contributed by atoms with van der Waals surface area (Å²) < 4.78 is 0. The number of hydrogen-bond donors (Lipinski definition) is 2. The van der Waals surface area contributed by atoms with Crippen LogP contribution in [0, 0.1) is 11.8 Å². The Kier molecular flexibility index (Phi) is 3.60. The van der Waals surface area contributed by atoms with Crippen LogP contribution < -0.4 is 10.2 Å². The number of aliphatic carboxylic acids is 1. The molecule has 2 unspecified atom stereocenters. The molecule has 3 rings (SSSR count). The molecule has 1 saturated carbocycles. The molecule has 2 N–H and O–H groups in total. The minimum absolute atomic E-state index is 0.120. The molecule has 0 spiro atoms. The zero-order valence-electron chi connectivity index (χ0n) is 12.3. The van der Waals surface area contributed by atoms with E-state index in [2.05, 4.69) is 5.32 Å².